The minimum Gasteiger partial charge on any atom is -0.468 e. The Morgan fingerprint density at radius 2 is 1.76 bits per heavy atom. The Balaban J connectivity index is 2.35. The van der Waals surface area contributed by atoms with Crippen molar-refractivity contribution in [1.82, 2.24) is 0 Å². The van der Waals surface area contributed by atoms with E-state index in [-0.39, 0.29) is 12.9 Å². The van der Waals surface area contributed by atoms with Crippen LogP contribution in [0.2, 0.25) is 5.02 Å². The van der Waals surface area contributed by atoms with Gasteiger partial charge in [0.25, 0.3) is 6.43 Å². The molecule has 2 aromatic carbocycles. The van der Waals surface area contributed by atoms with E-state index in [2.05, 4.69) is 4.74 Å². The van der Waals surface area contributed by atoms with E-state index >= 15 is 0 Å². The molecule has 2 rings (SSSR count). The number of benzene rings is 2. The fourth-order valence-electron chi connectivity index (χ4n) is 3.00. The molecule has 0 aliphatic carbocycles. The lowest BCUT2D eigenvalue weighted by Crippen LogP contribution is -2.50. The Kier molecular flexibility index (Phi) is 7.84. The van der Waals surface area contributed by atoms with Gasteiger partial charge in [-0.1, -0.05) is 54.1 Å². The van der Waals surface area contributed by atoms with Gasteiger partial charge >= 0.3 is 11.9 Å². The van der Waals surface area contributed by atoms with Crippen LogP contribution < -0.4 is 0 Å². The Labute approximate surface area is 171 Å². The quantitative estimate of drug-likeness (QED) is 0.347. The molecule has 2 unspecified atom stereocenters. The molecule has 0 spiro atoms. The van der Waals surface area contributed by atoms with Gasteiger partial charge < -0.3 is 14.3 Å². The zero-order chi connectivity index (χ0) is 21.4. The van der Waals surface area contributed by atoms with Crippen LogP contribution in [0.3, 0.4) is 0 Å². The SMILES string of the molecule is COC(=O)C(C=O)(Cc1ccccc1)C(C(=O)OCc1cccc(Cl)c1)C(F)F. The maximum Gasteiger partial charge on any atom is 0.320 e. The van der Waals surface area contributed by atoms with Crippen LogP contribution in [0.4, 0.5) is 8.78 Å². The first-order chi connectivity index (χ1) is 13.8. The number of rotatable bonds is 9. The van der Waals surface area contributed by atoms with Crippen molar-refractivity contribution < 1.29 is 32.6 Å². The van der Waals surface area contributed by atoms with Crippen LogP contribution in [-0.4, -0.2) is 31.8 Å². The second-order valence-corrected chi connectivity index (χ2v) is 6.80. The minimum atomic E-state index is -3.34. The van der Waals surface area contributed by atoms with Crippen molar-refractivity contribution in [2.24, 2.45) is 11.3 Å². The number of halogens is 3. The highest BCUT2D eigenvalue weighted by Crippen LogP contribution is 2.37. The third-order valence-electron chi connectivity index (χ3n) is 4.45. The van der Waals surface area contributed by atoms with E-state index in [0.717, 1.165) is 7.11 Å². The van der Waals surface area contributed by atoms with Gasteiger partial charge in [-0.05, 0) is 29.7 Å². The van der Waals surface area contributed by atoms with E-state index < -0.39 is 36.1 Å². The molecule has 154 valence electrons. The molecule has 0 radical (unpaired) electrons. The number of methoxy groups -OCH3 is 1. The first-order valence-corrected chi connectivity index (χ1v) is 8.99. The number of esters is 2. The molecule has 2 aromatic rings. The van der Waals surface area contributed by atoms with E-state index in [0.29, 0.717) is 16.1 Å². The molecule has 0 aliphatic rings. The summed E-state index contributed by atoms with van der Waals surface area (Å²) >= 11 is 5.85. The fraction of sp³-hybridized carbons (Fsp3) is 0.286. The van der Waals surface area contributed by atoms with Gasteiger partial charge in [-0.3, -0.25) is 9.59 Å². The predicted octanol–water partition coefficient (Wildman–Crippen LogP) is 3.87. The molecule has 0 bridgehead atoms. The molecule has 0 amide bonds. The summed E-state index contributed by atoms with van der Waals surface area (Å²) in [6, 6.07) is 14.3. The molecule has 0 saturated heterocycles. The third kappa shape index (κ3) is 5.38. The molecular weight excluding hydrogens is 406 g/mol. The average molecular weight is 425 g/mol. The zero-order valence-electron chi connectivity index (χ0n) is 15.5. The van der Waals surface area contributed by atoms with E-state index in [1.54, 1.807) is 48.5 Å². The predicted molar refractivity (Wildman–Crippen MR) is 101 cm³/mol. The molecule has 0 fully saturated rings. The first kappa shape index (κ1) is 22.5. The van der Waals surface area contributed by atoms with Crippen LogP contribution in [0.25, 0.3) is 0 Å². The van der Waals surface area contributed by atoms with Crippen molar-refractivity contribution in [1.29, 1.82) is 0 Å². The second kappa shape index (κ2) is 10.1. The van der Waals surface area contributed by atoms with Gasteiger partial charge in [0.05, 0.1) is 7.11 Å². The third-order valence-corrected chi connectivity index (χ3v) is 4.68. The minimum absolute atomic E-state index is 0.0449. The van der Waals surface area contributed by atoms with Gasteiger partial charge in [-0.15, -0.1) is 0 Å². The molecule has 2 atom stereocenters. The van der Waals surface area contributed by atoms with Crippen molar-refractivity contribution >= 4 is 29.8 Å². The molecule has 0 N–H and O–H groups in total. The molecule has 8 heteroatoms. The van der Waals surface area contributed by atoms with Crippen LogP contribution in [0.5, 0.6) is 0 Å². The molecule has 5 nitrogen and oxygen atoms in total. The van der Waals surface area contributed by atoms with Crippen molar-refractivity contribution in [3.63, 3.8) is 0 Å². The number of ether oxygens (including phenoxy) is 2. The summed E-state index contributed by atoms with van der Waals surface area (Å²) in [7, 11) is 0.964. The van der Waals surface area contributed by atoms with E-state index in [1.807, 2.05) is 0 Å². The lowest BCUT2D eigenvalue weighted by molar-refractivity contribution is -0.177. The molecule has 29 heavy (non-hydrogen) atoms. The van der Waals surface area contributed by atoms with Crippen molar-refractivity contribution in [3.8, 4) is 0 Å². The Morgan fingerprint density at radius 1 is 1.10 bits per heavy atom. The van der Waals surface area contributed by atoms with Gasteiger partial charge in [0.1, 0.15) is 24.2 Å². The summed E-state index contributed by atoms with van der Waals surface area (Å²) in [6.07, 6.45) is -3.73. The van der Waals surface area contributed by atoms with Crippen LogP contribution in [0.15, 0.2) is 54.6 Å². The lowest BCUT2D eigenvalue weighted by Gasteiger charge is -2.31. The summed E-state index contributed by atoms with van der Waals surface area (Å²) in [5.74, 6) is -4.96. The summed E-state index contributed by atoms with van der Waals surface area (Å²) in [6.45, 7) is -0.343. The zero-order valence-corrected chi connectivity index (χ0v) is 16.3. The average Bonchev–Trinajstić information content (AvgIpc) is 2.71. The second-order valence-electron chi connectivity index (χ2n) is 6.36. The number of carbonyl (C=O) groups is 3. The first-order valence-electron chi connectivity index (χ1n) is 8.62. The normalized spacial score (nSPS) is 14.0. The molecule has 0 aliphatic heterocycles. The van der Waals surface area contributed by atoms with Gasteiger partial charge in [0.15, 0.2) is 0 Å². The summed E-state index contributed by atoms with van der Waals surface area (Å²) in [5.41, 5.74) is -1.55. The van der Waals surface area contributed by atoms with Gasteiger partial charge in [0.2, 0.25) is 0 Å². The van der Waals surface area contributed by atoms with Crippen molar-refractivity contribution in [2.75, 3.05) is 7.11 Å². The number of aldehydes is 1. The van der Waals surface area contributed by atoms with Gasteiger partial charge in [-0.25, -0.2) is 8.78 Å². The summed E-state index contributed by atoms with van der Waals surface area (Å²) < 4.78 is 37.5. The Morgan fingerprint density at radius 3 is 2.31 bits per heavy atom. The van der Waals surface area contributed by atoms with E-state index in [4.69, 9.17) is 16.3 Å². The smallest absolute Gasteiger partial charge is 0.320 e. The largest absolute Gasteiger partial charge is 0.468 e. The maximum absolute atomic E-state index is 13.9. The molecule has 0 heterocycles. The van der Waals surface area contributed by atoms with Crippen LogP contribution >= 0.6 is 11.6 Å². The fourth-order valence-corrected chi connectivity index (χ4v) is 3.22. The topological polar surface area (TPSA) is 69.7 Å². The monoisotopic (exact) mass is 424 g/mol. The van der Waals surface area contributed by atoms with E-state index in [1.165, 1.54) is 6.07 Å². The lowest BCUT2D eigenvalue weighted by atomic mass is 9.72. The number of alkyl halides is 2. The number of hydrogen-bond acceptors (Lipinski definition) is 5. The number of hydrogen-bond donors (Lipinski definition) is 0. The number of carbonyl (C=O) groups excluding carboxylic acids is 3. The van der Waals surface area contributed by atoms with Crippen LogP contribution in [-0.2, 0) is 36.9 Å². The highest BCUT2D eigenvalue weighted by molar-refractivity contribution is 6.30. The Bertz CT molecular complexity index is 859. The Hall–Kier alpha value is -2.80. The summed E-state index contributed by atoms with van der Waals surface area (Å²) in [5, 5.41) is 0.379. The van der Waals surface area contributed by atoms with Crippen LogP contribution in [0, 0.1) is 11.3 Å². The van der Waals surface area contributed by atoms with Gasteiger partial charge in [-0.2, -0.15) is 0 Å². The van der Waals surface area contributed by atoms with Gasteiger partial charge in [0, 0.05) is 5.02 Å². The standard InChI is InChI=1S/C21H19ClF2O5/c1-28-20(27)21(13-25,11-14-6-3-2-4-7-14)17(18(23)24)19(26)29-12-15-8-5-9-16(22)10-15/h2-10,13,17-18H,11-12H2,1H3. The molecule has 0 aromatic heterocycles. The highest BCUT2D eigenvalue weighted by atomic mass is 35.5. The van der Waals surface area contributed by atoms with Crippen LogP contribution in [0.1, 0.15) is 11.1 Å². The molecule has 0 saturated carbocycles. The summed E-state index contributed by atoms with van der Waals surface area (Å²) in [4.78, 5) is 36.9. The van der Waals surface area contributed by atoms with Crippen molar-refractivity contribution in [2.45, 2.75) is 19.5 Å². The van der Waals surface area contributed by atoms with E-state index in [9.17, 15) is 23.2 Å². The maximum atomic E-state index is 13.9. The molecular formula is C21H19ClF2O5. The highest BCUT2D eigenvalue weighted by Gasteiger charge is 2.55. The van der Waals surface area contributed by atoms with Crippen molar-refractivity contribution in [3.05, 3.63) is 70.7 Å².